The van der Waals surface area contributed by atoms with Gasteiger partial charge in [-0.15, -0.1) is 0 Å². The molecule has 0 unspecified atom stereocenters. The molecule has 0 amide bonds. The van der Waals surface area contributed by atoms with E-state index in [-0.39, 0.29) is 0 Å². The highest BCUT2D eigenvalue weighted by molar-refractivity contribution is 5.01. The summed E-state index contributed by atoms with van der Waals surface area (Å²) in [7, 11) is 0. The molecule has 0 aromatic rings. The normalized spacial score (nSPS) is 49.2. The molecular formula is C13H19N. The van der Waals surface area contributed by atoms with Crippen LogP contribution >= 0.6 is 0 Å². The molecular weight excluding hydrogens is 170 g/mol. The standard InChI is InChI=1S/C13H19N/c1-14-3-2-13-7-10-4-11(8-13)6-12(5-10)9-13/h10-12H,2-9H2. The van der Waals surface area contributed by atoms with Crippen LogP contribution in [0.3, 0.4) is 0 Å². The molecule has 0 heterocycles. The van der Waals surface area contributed by atoms with E-state index in [1.54, 1.807) is 0 Å². The second-order valence-corrected chi connectivity index (χ2v) is 6.05. The van der Waals surface area contributed by atoms with Crippen LogP contribution in [0.2, 0.25) is 0 Å². The molecule has 0 saturated heterocycles. The summed E-state index contributed by atoms with van der Waals surface area (Å²) in [5.74, 6) is 3.14. The van der Waals surface area contributed by atoms with Crippen molar-refractivity contribution in [2.45, 2.75) is 44.9 Å². The van der Waals surface area contributed by atoms with E-state index in [1.807, 2.05) is 0 Å². The molecule has 14 heavy (non-hydrogen) atoms. The Kier molecular flexibility index (Phi) is 1.87. The summed E-state index contributed by atoms with van der Waals surface area (Å²) in [6.07, 6.45) is 10.2. The fraction of sp³-hybridized carbons (Fsp3) is 0.923. The first-order valence-electron chi connectivity index (χ1n) is 6.13. The van der Waals surface area contributed by atoms with Crippen molar-refractivity contribution in [1.29, 1.82) is 0 Å². The van der Waals surface area contributed by atoms with E-state index in [0.717, 1.165) is 24.3 Å². The summed E-state index contributed by atoms with van der Waals surface area (Å²) in [6, 6.07) is 0. The highest BCUT2D eigenvalue weighted by Crippen LogP contribution is 2.61. The Morgan fingerprint density at radius 3 is 1.93 bits per heavy atom. The van der Waals surface area contributed by atoms with Gasteiger partial charge in [0.05, 0.1) is 0 Å². The largest absolute Gasteiger partial charge is 0.317 e. The van der Waals surface area contributed by atoms with Crippen molar-refractivity contribution < 1.29 is 0 Å². The van der Waals surface area contributed by atoms with E-state index in [0.29, 0.717) is 5.41 Å². The second kappa shape index (κ2) is 2.99. The Hall–Kier alpha value is -0.510. The summed E-state index contributed by atoms with van der Waals surface area (Å²) in [5.41, 5.74) is 0.638. The minimum Gasteiger partial charge on any atom is -0.317 e. The maximum atomic E-state index is 6.94. The molecule has 4 rings (SSSR count). The van der Waals surface area contributed by atoms with Crippen LogP contribution in [0.5, 0.6) is 0 Å². The van der Waals surface area contributed by atoms with Crippen LogP contribution in [0.4, 0.5) is 0 Å². The SMILES string of the molecule is [C-]#[N+]CCC12CC3CC(CC(C3)C1)C2. The van der Waals surface area contributed by atoms with Crippen LogP contribution in [0.15, 0.2) is 0 Å². The molecule has 4 aliphatic carbocycles. The van der Waals surface area contributed by atoms with E-state index in [2.05, 4.69) is 4.85 Å². The van der Waals surface area contributed by atoms with Crippen LogP contribution < -0.4 is 0 Å². The van der Waals surface area contributed by atoms with Crippen molar-refractivity contribution in [3.8, 4) is 0 Å². The van der Waals surface area contributed by atoms with Gasteiger partial charge in [-0.05, 0) is 61.7 Å². The van der Waals surface area contributed by atoms with Crippen molar-refractivity contribution in [2.75, 3.05) is 6.54 Å². The first-order valence-corrected chi connectivity index (χ1v) is 6.13. The first-order chi connectivity index (χ1) is 6.80. The lowest BCUT2D eigenvalue weighted by atomic mass is 9.49. The molecule has 0 radical (unpaired) electrons. The van der Waals surface area contributed by atoms with Gasteiger partial charge < -0.3 is 4.85 Å². The van der Waals surface area contributed by atoms with Gasteiger partial charge >= 0.3 is 0 Å². The Morgan fingerprint density at radius 1 is 1.00 bits per heavy atom. The zero-order valence-electron chi connectivity index (χ0n) is 8.84. The monoisotopic (exact) mass is 189 g/mol. The molecule has 4 aliphatic rings. The molecule has 0 aromatic heterocycles. The van der Waals surface area contributed by atoms with Gasteiger partial charge in [-0.1, -0.05) is 0 Å². The van der Waals surface area contributed by atoms with Gasteiger partial charge in [0.1, 0.15) is 0 Å². The quantitative estimate of drug-likeness (QED) is 0.585. The lowest BCUT2D eigenvalue weighted by Gasteiger charge is -2.56. The highest BCUT2D eigenvalue weighted by atomic mass is 14.6. The van der Waals surface area contributed by atoms with E-state index in [1.165, 1.54) is 44.9 Å². The minimum absolute atomic E-state index is 0.638. The smallest absolute Gasteiger partial charge is 0.215 e. The molecule has 76 valence electrons. The number of rotatable bonds is 2. The van der Waals surface area contributed by atoms with Crippen LogP contribution in [0, 0.1) is 29.7 Å². The Labute approximate surface area is 86.7 Å². The number of hydrogen-bond acceptors (Lipinski definition) is 0. The predicted octanol–water partition coefficient (Wildman–Crippen LogP) is 3.51. The average molecular weight is 189 g/mol. The zero-order chi connectivity index (χ0) is 9.60. The molecule has 1 nitrogen and oxygen atoms in total. The van der Waals surface area contributed by atoms with Crippen molar-refractivity contribution in [2.24, 2.45) is 23.2 Å². The van der Waals surface area contributed by atoms with Crippen LogP contribution in [-0.2, 0) is 0 Å². The van der Waals surface area contributed by atoms with E-state index >= 15 is 0 Å². The molecule has 4 saturated carbocycles. The zero-order valence-corrected chi connectivity index (χ0v) is 8.84. The average Bonchev–Trinajstić information content (AvgIpc) is 2.12. The van der Waals surface area contributed by atoms with Crippen molar-refractivity contribution in [3.05, 3.63) is 11.4 Å². The van der Waals surface area contributed by atoms with E-state index in [4.69, 9.17) is 6.57 Å². The van der Waals surface area contributed by atoms with Gasteiger partial charge in [0.25, 0.3) is 0 Å². The number of nitrogens with zero attached hydrogens (tertiary/aromatic N) is 1. The van der Waals surface area contributed by atoms with Crippen LogP contribution in [-0.4, -0.2) is 6.54 Å². The Bertz CT molecular complexity index is 238. The molecule has 0 N–H and O–H groups in total. The fourth-order valence-electron chi connectivity index (χ4n) is 4.89. The van der Waals surface area contributed by atoms with Crippen molar-refractivity contribution in [1.82, 2.24) is 0 Å². The van der Waals surface area contributed by atoms with Gasteiger partial charge in [0.15, 0.2) is 0 Å². The minimum atomic E-state index is 0.638. The number of hydrogen-bond donors (Lipinski definition) is 0. The van der Waals surface area contributed by atoms with Gasteiger partial charge in [0, 0.05) is 6.42 Å². The lowest BCUT2D eigenvalue weighted by Crippen LogP contribution is -2.46. The Morgan fingerprint density at radius 2 is 1.50 bits per heavy atom. The topological polar surface area (TPSA) is 4.36 Å². The lowest BCUT2D eigenvalue weighted by molar-refractivity contribution is -0.0548. The summed E-state index contributed by atoms with van der Waals surface area (Å²) in [5, 5.41) is 0. The van der Waals surface area contributed by atoms with Gasteiger partial charge in [-0.25, -0.2) is 6.57 Å². The molecule has 0 aromatic carbocycles. The highest BCUT2D eigenvalue weighted by Gasteiger charge is 2.50. The maximum absolute atomic E-state index is 6.94. The van der Waals surface area contributed by atoms with Crippen LogP contribution in [0.1, 0.15) is 44.9 Å². The molecule has 4 bridgehead atoms. The summed E-state index contributed by atoms with van der Waals surface area (Å²) in [6.45, 7) is 7.72. The van der Waals surface area contributed by atoms with Gasteiger partial charge in [-0.3, -0.25) is 0 Å². The van der Waals surface area contributed by atoms with Crippen molar-refractivity contribution in [3.63, 3.8) is 0 Å². The summed E-state index contributed by atoms with van der Waals surface area (Å²) >= 11 is 0. The first kappa shape index (κ1) is 8.77. The third-order valence-electron chi connectivity index (χ3n) is 4.92. The summed E-state index contributed by atoms with van der Waals surface area (Å²) in [4.78, 5) is 3.56. The molecule has 0 spiro atoms. The fourth-order valence-corrected chi connectivity index (χ4v) is 4.89. The predicted molar refractivity (Wildman–Crippen MR) is 56.7 cm³/mol. The van der Waals surface area contributed by atoms with Crippen LogP contribution in [0.25, 0.3) is 4.85 Å². The molecule has 0 atom stereocenters. The van der Waals surface area contributed by atoms with Gasteiger partial charge in [-0.2, -0.15) is 0 Å². The third-order valence-corrected chi connectivity index (χ3v) is 4.92. The molecule has 4 fully saturated rings. The summed E-state index contributed by atoms with van der Waals surface area (Å²) < 4.78 is 0. The van der Waals surface area contributed by atoms with E-state index < -0.39 is 0 Å². The van der Waals surface area contributed by atoms with E-state index in [9.17, 15) is 0 Å². The van der Waals surface area contributed by atoms with Crippen molar-refractivity contribution >= 4 is 0 Å². The maximum Gasteiger partial charge on any atom is 0.215 e. The molecule has 0 aliphatic heterocycles. The Balaban J connectivity index is 1.78. The second-order valence-electron chi connectivity index (χ2n) is 6.05. The van der Waals surface area contributed by atoms with Gasteiger partial charge in [0.2, 0.25) is 6.54 Å². The molecule has 1 heteroatoms. The third kappa shape index (κ3) is 1.28.